The van der Waals surface area contributed by atoms with Crippen molar-refractivity contribution in [1.29, 1.82) is 0 Å². The van der Waals surface area contributed by atoms with Gasteiger partial charge in [0.2, 0.25) is 0 Å². The van der Waals surface area contributed by atoms with Crippen LogP contribution in [0.2, 0.25) is 0 Å². The molecule has 0 amide bonds. The molecular weight excluding hydrogens is 251 g/mol. The first-order chi connectivity index (χ1) is 9.45. The zero-order chi connectivity index (χ0) is 12.9. The molecule has 0 spiro atoms. The average molecular weight is 267 g/mol. The summed E-state index contributed by atoms with van der Waals surface area (Å²) < 4.78 is 0. The third kappa shape index (κ3) is 3.32. The Kier molecular flexibility index (Phi) is 5.44. The molecule has 0 unspecified atom stereocenters. The van der Waals surface area contributed by atoms with E-state index in [1.807, 2.05) is 0 Å². The molecule has 0 saturated carbocycles. The molecule has 2 heteroatoms. The molecule has 20 heavy (non-hydrogen) atoms. The summed E-state index contributed by atoms with van der Waals surface area (Å²) in [4.78, 5) is 0. The van der Waals surface area contributed by atoms with Crippen molar-refractivity contribution in [2.24, 2.45) is 0 Å². The van der Waals surface area contributed by atoms with Crippen LogP contribution in [0.5, 0.6) is 0 Å². The van der Waals surface area contributed by atoms with E-state index < -0.39 is 8.80 Å². The first-order valence-electron chi connectivity index (χ1n) is 6.48. The van der Waals surface area contributed by atoms with Crippen LogP contribution in [0.3, 0.4) is 0 Å². The average Bonchev–Trinajstić information content (AvgIpc) is 2.51. The van der Waals surface area contributed by atoms with Crippen LogP contribution in [-0.4, -0.2) is 27.7 Å². The molecule has 0 N–H and O–H groups in total. The molecule has 93 valence electrons. The van der Waals surface area contributed by atoms with Crippen molar-refractivity contribution >= 4 is 43.2 Å². The molecule has 3 aromatic carbocycles. The van der Waals surface area contributed by atoms with Gasteiger partial charge in [0, 0.05) is 0 Å². The standard InChI is InChI=1S/C18H15Si.Li.H/c1-4-10-16(11-5-1)19(17-12-6-2-7-13-17)18-14-8-3-9-15-18;;/h1-15H;;. The fourth-order valence-electron chi connectivity index (χ4n) is 2.31. The van der Waals surface area contributed by atoms with Gasteiger partial charge in [0.05, 0.1) is 0 Å². The van der Waals surface area contributed by atoms with Gasteiger partial charge in [-0.2, -0.15) is 0 Å². The van der Waals surface area contributed by atoms with E-state index in [1.165, 1.54) is 15.6 Å². The van der Waals surface area contributed by atoms with Gasteiger partial charge in [-0.25, -0.2) is 0 Å². The minimum atomic E-state index is -0.877. The van der Waals surface area contributed by atoms with Crippen LogP contribution in [0, 0.1) is 0 Å². The molecular formula is C18H16LiSi. The van der Waals surface area contributed by atoms with E-state index in [9.17, 15) is 0 Å². The summed E-state index contributed by atoms with van der Waals surface area (Å²) in [6.07, 6.45) is 0. The predicted octanol–water partition coefficient (Wildman–Crippen LogP) is 1.55. The van der Waals surface area contributed by atoms with Crippen LogP contribution in [0.4, 0.5) is 0 Å². The van der Waals surface area contributed by atoms with Gasteiger partial charge < -0.3 is 0 Å². The molecule has 3 rings (SSSR count). The third-order valence-electron chi connectivity index (χ3n) is 3.19. The Morgan fingerprint density at radius 3 is 0.900 bits per heavy atom. The molecule has 0 heterocycles. The summed E-state index contributed by atoms with van der Waals surface area (Å²) in [6, 6.07) is 32.5. The van der Waals surface area contributed by atoms with Crippen molar-refractivity contribution in [2.45, 2.75) is 0 Å². The van der Waals surface area contributed by atoms with Gasteiger partial charge in [0.15, 0.2) is 8.80 Å². The summed E-state index contributed by atoms with van der Waals surface area (Å²) in [5.41, 5.74) is 0. The Balaban J connectivity index is 0.00000147. The van der Waals surface area contributed by atoms with Gasteiger partial charge in [-0.05, 0) is 0 Å². The second-order valence-corrected chi connectivity index (χ2v) is 6.96. The van der Waals surface area contributed by atoms with E-state index in [0.717, 1.165) is 0 Å². The maximum Gasteiger partial charge on any atom is 0.154 e. The van der Waals surface area contributed by atoms with E-state index in [2.05, 4.69) is 91.0 Å². The molecule has 0 saturated heterocycles. The van der Waals surface area contributed by atoms with Crippen molar-refractivity contribution in [2.75, 3.05) is 0 Å². The number of hydrogen-bond donors (Lipinski definition) is 0. The van der Waals surface area contributed by atoms with Crippen molar-refractivity contribution in [1.82, 2.24) is 0 Å². The maximum atomic E-state index is 2.24. The fourth-order valence-corrected chi connectivity index (χ4v) is 4.89. The second-order valence-electron chi connectivity index (χ2n) is 4.47. The molecule has 0 aliphatic heterocycles. The van der Waals surface area contributed by atoms with Crippen molar-refractivity contribution in [3.05, 3.63) is 91.0 Å². The quantitative estimate of drug-likeness (QED) is 0.499. The second kappa shape index (κ2) is 7.31. The van der Waals surface area contributed by atoms with Crippen LogP contribution in [-0.2, 0) is 0 Å². The van der Waals surface area contributed by atoms with Gasteiger partial charge in [0.25, 0.3) is 0 Å². The molecule has 0 bridgehead atoms. The zero-order valence-electron chi connectivity index (χ0n) is 10.7. The van der Waals surface area contributed by atoms with Gasteiger partial charge in [0.1, 0.15) is 0 Å². The van der Waals surface area contributed by atoms with Crippen LogP contribution in [0.15, 0.2) is 91.0 Å². The van der Waals surface area contributed by atoms with E-state index in [0.29, 0.717) is 0 Å². The first kappa shape index (κ1) is 14.9. The largest absolute Gasteiger partial charge is 0.154 e. The Labute approximate surface area is 134 Å². The molecule has 0 fully saturated rings. The fraction of sp³-hybridized carbons (Fsp3) is 0. The molecule has 0 aromatic heterocycles. The monoisotopic (exact) mass is 267 g/mol. The van der Waals surface area contributed by atoms with Crippen LogP contribution < -0.4 is 15.6 Å². The minimum absolute atomic E-state index is 0. The summed E-state index contributed by atoms with van der Waals surface area (Å²) >= 11 is 0. The van der Waals surface area contributed by atoms with Crippen LogP contribution >= 0.6 is 0 Å². The SMILES string of the molecule is [LiH].c1ccc([Si](c2ccccc2)c2ccccc2)cc1. The number of hydrogen-bond acceptors (Lipinski definition) is 0. The molecule has 0 aliphatic carbocycles. The third-order valence-corrected chi connectivity index (χ3v) is 5.92. The van der Waals surface area contributed by atoms with Gasteiger partial charge >= 0.3 is 18.9 Å². The van der Waals surface area contributed by atoms with E-state index in [-0.39, 0.29) is 18.9 Å². The van der Waals surface area contributed by atoms with E-state index in [1.54, 1.807) is 0 Å². The zero-order valence-corrected chi connectivity index (χ0v) is 11.7. The molecule has 0 aliphatic rings. The Hall–Kier alpha value is -1.53. The summed E-state index contributed by atoms with van der Waals surface area (Å²) in [6.45, 7) is 0. The van der Waals surface area contributed by atoms with Gasteiger partial charge in [-0.1, -0.05) is 107 Å². The summed E-state index contributed by atoms with van der Waals surface area (Å²) in [5, 5.41) is 4.31. The Morgan fingerprint density at radius 1 is 0.400 bits per heavy atom. The van der Waals surface area contributed by atoms with Crippen molar-refractivity contribution < 1.29 is 0 Å². The normalized spacial score (nSPS) is 10.1. The smallest absolute Gasteiger partial charge is 0.0624 e. The number of benzene rings is 3. The van der Waals surface area contributed by atoms with E-state index >= 15 is 0 Å². The van der Waals surface area contributed by atoms with Gasteiger partial charge in [-0.3, -0.25) is 0 Å². The number of rotatable bonds is 3. The summed E-state index contributed by atoms with van der Waals surface area (Å²) in [5.74, 6) is 0. The van der Waals surface area contributed by atoms with E-state index in [4.69, 9.17) is 0 Å². The van der Waals surface area contributed by atoms with Crippen LogP contribution in [0.1, 0.15) is 0 Å². The predicted molar refractivity (Wildman–Crippen MR) is 91.1 cm³/mol. The van der Waals surface area contributed by atoms with Crippen LogP contribution in [0.25, 0.3) is 0 Å². The molecule has 1 radical (unpaired) electrons. The topological polar surface area (TPSA) is 0 Å². The Morgan fingerprint density at radius 2 is 0.650 bits per heavy atom. The van der Waals surface area contributed by atoms with Gasteiger partial charge in [-0.15, -0.1) is 0 Å². The molecule has 3 aromatic rings. The molecule has 0 atom stereocenters. The minimum Gasteiger partial charge on any atom is -0.0624 e. The summed E-state index contributed by atoms with van der Waals surface area (Å²) in [7, 11) is -0.877. The van der Waals surface area contributed by atoms with Crippen molar-refractivity contribution in [3.8, 4) is 0 Å². The van der Waals surface area contributed by atoms with Crippen molar-refractivity contribution in [3.63, 3.8) is 0 Å². The molecule has 0 nitrogen and oxygen atoms in total. The first-order valence-corrected chi connectivity index (χ1v) is 7.98. The maximum absolute atomic E-state index is 2.24. The Bertz CT molecular complexity index is 529.